The maximum absolute atomic E-state index is 12.6. The number of hydrogen-bond acceptors (Lipinski definition) is 6. The maximum atomic E-state index is 12.6. The number of para-hydroxylation sites is 1. The molecule has 9 heteroatoms. The van der Waals surface area contributed by atoms with Gasteiger partial charge in [-0.05, 0) is 23.8 Å². The molecule has 0 spiro atoms. The van der Waals surface area contributed by atoms with Crippen LogP contribution in [0.15, 0.2) is 64.3 Å². The topological polar surface area (TPSA) is 70.6 Å². The third kappa shape index (κ3) is 5.10. The Labute approximate surface area is 184 Å². The number of amides is 1. The zero-order chi connectivity index (χ0) is 21.0. The van der Waals surface area contributed by atoms with Gasteiger partial charge in [-0.1, -0.05) is 54.2 Å². The van der Waals surface area contributed by atoms with E-state index in [9.17, 15) is 13.2 Å². The molecule has 0 saturated carbocycles. The zero-order valence-corrected chi connectivity index (χ0v) is 18.6. The second kappa shape index (κ2) is 9.30. The van der Waals surface area contributed by atoms with Gasteiger partial charge in [0.05, 0.1) is 16.0 Å². The van der Waals surface area contributed by atoms with Crippen molar-refractivity contribution in [3.63, 3.8) is 0 Å². The van der Waals surface area contributed by atoms with Gasteiger partial charge in [-0.2, -0.15) is 4.31 Å². The predicted octanol–water partition coefficient (Wildman–Crippen LogP) is 3.53. The number of sulfonamides is 1. The van der Waals surface area contributed by atoms with E-state index in [-0.39, 0.29) is 5.91 Å². The number of thioether (sulfide) groups is 1. The van der Waals surface area contributed by atoms with Crippen LogP contribution in [-0.2, 0) is 14.8 Å². The third-order valence-corrected chi connectivity index (χ3v) is 8.51. The molecule has 4 rings (SSSR count). The van der Waals surface area contributed by atoms with Gasteiger partial charge in [0.15, 0.2) is 4.34 Å². The summed E-state index contributed by atoms with van der Waals surface area (Å²) in [6.45, 7) is 1.41. The summed E-state index contributed by atoms with van der Waals surface area (Å²) in [7, 11) is -3.50. The molecule has 2 heterocycles. The molecule has 0 atom stereocenters. The highest BCUT2D eigenvalue weighted by molar-refractivity contribution is 8.01. The van der Waals surface area contributed by atoms with Gasteiger partial charge in [0.1, 0.15) is 0 Å². The molecule has 30 heavy (non-hydrogen) atoms. The fourth-order valence-electron chi connectivity index (χ4n) is 3.13. The average molecular weight is 460 g/mol. The molecule has 0 N–H and O–H groups in total. The van der Waals surface area contributed by atoms with E-state index in [1.165, 1.54) is 21.5 Å². The van der Waals surface area contributed by atoms with Gasteiger partial charge in [-0.25, -0.2) is 13.4 Å². The van der Waals surface area contributed by atoms with E-state index in [0.717, 1.165) is 20.1 Å². The first-order valence-electron chi connectivity index (χ1n) is 9.51. The Hall–Kier alpha value is -2.20. The van der Waals surface area contributed by atoms with Crippen molar-refractivity contribution in [2.45, 2.75) is 4.34 Å². The first kappa shape index (κ1) is 21.0. The van der Waals surface area contributed by atoms with E-state index < -0.39 is 10.0 Å². The number of fused-ring (bicyclic) bond motifs is 1. The molecular weight excluding hydrogens is 438 g/mol. The van der Waals surface area contributed by atoms with Crippen LogP contribution in [0.1, 0.15) is 5.56 Å². The molecule has 1 aliphatic rings. The summed E-state index contributed by atoms with van der Waals surface area (Å²) in [6, 6.07) is 17.2. The number of hydrogen-bond donors (Lipinski definition) is 0. The van der Waals surface area contributed by atoms with E-state index in [4.69, 9.17) is 0 Å². The number of aromatic nitrogens is 1. The lowest BCUT2D eigenvalue weighted by molar-refractivity contribution is -0.129. The number of nitrogens with zero attached hydrogens (tertiary/aromatic N) is 3. The highest BCUT2D eigenvalue weighted by Crippen LogP contribution is 2.29. The van der Waals surface area contributed by atoms with E-state index in [2.05, 4.69) is 4.98 Å². The Morgan fingerprint density at radius 2 is 1.73 bits per heavy atom. The lowest BCUT2D eigenvalue weighted by Gasteiger charge is -2.33. The first-order chi connectivity index (χ1) is 14.5. The van der Waals surface area contributed by atoms with Gasteiger partial charge in [0.25, 0.3) is 0 Å². The molecule has 1 saturated heterocycles. The van der Waals surface area contributed by atoms with Gasteiger partial charge in [-0.3, -0.25) is 4.79 Å². The number of carbonyl (C=O) groups excluding carboxylic acids is 1. The Morgan fingerprint density at radius 1 is 1.03 bits per heavy atom. The van der Waals surface area contributed by atoms with Crippen molar-refractivity contribution >= 4 is 55.3 Å². The van der Waals surface area contributed by atoms with E-state index in [0.29, 0.717) is 31.9 Å². The summed E-state index contributed by atoms with van der Waals surface area (Å²) in [5.41, 5.74) is 1.78. The minimum Gasteiger partial charge on any atom is -0.339 e. The lowest BCUT2D eigenvalue weighted by atomic mass is 10.2. The van der Waals surface area contributed by atoms with Gasteiger partial charge < -0.3 is 4.90 Å². The first-order valence-corrected chi connectivity index (χ1v) is 12.8. The summed E-state index contributed by atoms with van der Waals surface area (Å²) in [6.07, 6.45) is 1.60. The largest absolute Gasteiger partial charge is 0.339 e. The van der Waals surface area contributed by atoms with Crippen LogP contribution >= 0.6 is 23.1 Å². The number of benzene rings is 2. The molecule has 6 nitrogen and oxygen atoms in total. The van der Waals surface area contributed by atoms with Crippen molar-refractivity contribution in [3.8, 4) is 0 Å². The van der Waals surface area contributed by atoms with Gasteiger partial charge in [0, 0.05) is 31.6 Å². The molecular formula is C21H21N3O3S3. The number of piperazine rings is 1. The van der Waals surface area contributed by atoms with E-state index in [1.54, 1.807) is 22.3 Å². The van der Waals surface area contributed by atoms with Crippen LogP contribution in [0.5, 0.6) is 0 Å². The van der Waals surface area contributed by atoms with Crippen LogP contribution in [-0.4, -0.2) is 60.4 Å². The van der Waals surface area contributed by atoms with Crippen LogP contribution in [0.4, 0.5) is 0 Å². The van der Waals surface area contributed by atoms with Crippen LogP contribution < -0.4 is 0 Å². The molecule has 0 aliphatic carbocycles. The monoisotopic (exact) mass is 459 g/mol. The quantitative estimate of drug-likeness (QED) is 0.528. The van der Waals surface area contributed by atoms with Crippen molar-refractivity contribution in [3.05, 3.63) is 65.6 Å². The molecule has 1 fully saturated rings. The summed E-state index contributed by atoms with van der Waals surface area (Å²) >= 11 is 3.01. The molecule has 1 aliphatic heterocycles. The predicted molar refractivity (Wildman–Crippen MR) is 123 cm³/mol. The Kier molecular flexibility index (Phi) is 6.52. The number of thiazole rings is 1. The smallest absolute Gasteiger partial charge is 0.236 e. The molecule has 0 radical (unpaired) electrons. The van der Waals surface area contributed by atoms with Gasteiger partial charge in [0.2, 0.25) is 15.9 Å². The molecule has 156 valence electrons. The van der Waals surface area contributed by atoms with Crippen LogP contribution in [0.3, 0.4) is 0 Å². The standard InChI is InChI=1S/C21H21N3O3S3/c25-20(16-28-21-22-18-8-4-5-9-19(18)29-21)23-11-13-24(14-12-23)30(26,27)15-10-17-6-2-1-3-7-17/h1-10,15H,11-14,16H2. The van der Waals surface area contributed by atoms with Gasteiger partial charge >= 0.3 is 0 Å². The normalized spacial score (nSPS) is 15.8. The second-order valence-corrected chi connectivity index (χ2v) is 10.8. The fourth-order valence-corrected chi connectivity index (χ4v) is 6.28. The fraction of sp³-hybridized carbons (Fsp3) is 0.238. The van der Waals surface area contributed by atoms with Crippen molar-refractivity contribution in [2.24, 2.45) is 0 Å². The third-order valence-electron chi connectivity index (χ3n) is 4.78. The maximum Gasteiger partial charge on any atom is 0.236 e. The minimum atomic E-state index is -3.50. The molecule has 1 amide bonds. The SMILES string of the molecule is O=C(CSc1nc2ccccc2s1)N1CCN(S(=O)(=O)C=Cc2ccccc2)CC1. The van der Waals surface area contributed by atoms with Gasteiger partial charge in [-0.15, -0.1) is 11.3 Å². The van der Waals surface area contributed by atoms with Crippen LogP contribution in [0, 0.1) is 0 Å². The molecule has 2 aromatic carbocycles. The Balaban J connectivity index is 1.29. The van der Waals surface area contributed by atoms with Crippen LogP contribution in [0.2, 0.25) is 0 Å². The van der Waals surface area contributed by atoms with Crippen molar-refractivity contribution in [2.75, 3.05) is 31.9 Å². The van der Waals surface area contributed by atoms with Crippen molar-refractivity contribution in [1.29, 1.82) is 0 Å². The second-order valence-electron chi connectivity index (χ2n) is 6.77. The molecule has 1 aromatic heterocycles. The number of carbonyl (C=O) groups is 1. The Bertz CT molecular complexity index is 1120. The van der Waals surface area contributed by atoms with E-state index >= 15 is 0 Å². The molecule has 0 bridgehead atoms. The summed E-state index contributed by atoms with van der Waals surface area (Å²) in [4.78, 5) is 18.8. The van der Waals surface area contributed by atoms with Crippen LogP contribution in [0.25, 0.3) is 16.3 Å². The Morgan fingerprint density at radius 3 is 2.47 bits per heavy atom. The number of rotatable bonds is 6. The molecule has 0 unspecified atom stereocenters. The highest BCUT2D eigenvalue weighted by atomic mass is 32.2. The summed E-state index contributed by atoms with van der Waals surface area (Å²) < 4.78 is 28.5. The minimum absolute atomic E-state index is 0.0103. The zero-order valence-electron chi connectivity index (χ0n) is 16.2. The summed E-state index contributed by atoms with van der Waals surface area (Å²) in [5, 5.41) is 1.24. The van der Waals surface area contributed by atoms with Crippen molar-refractivity contribution < 1.29 is 13.2 Å². The lowest BCUT2D eigenvalue weighted by Crippen LogP contribution is -2.50. The van der Waals surface area contributed by atoms with Crippen molar-refractivity contribution in [1.82, 2.24) is 14.2 Å². The summed E-state index contributed by atoms with van der Waals surface area (Å²) in [5.74, 6) is 0.316. The van der Waals surface area contributed by atoms with E-state index in [1.807, 2.05) is 54.6 Å². The average Bonchev–Trinajstić information content (AvgIpc) is 3.20. The molecule has 3 aromatic rings. The highest BCUT2D eigenvalue weighted by Gasteiger charge is 2.27.